The lowest BCUT2D eigenvalue weighted by molar-refractivity contribution is -0.135. The highest BCUT2D eigenvalue weighted by atomic mass is 35.5. The van der Waals surface area contributed by atoms with Crippen LogP contribution in [0.5, 0.6) is 0 Å². The molecule has 11 heteroatoms. The molecule has 2 rings (SSSR count). The summed E-state index contributed by atoms with van der Waals surface area (Å²) in [6.45, 7) is 2.15. The van der Waals surface area contributed by atoms with Crippen molar-refractivity contribution in [2.75, 3.05) is 20.1 Å². The van der Waals surface area contributed by atoms with Crippen molar-refractivity contribution >= 4 is 41.7 Å². The first-order valence-corrected chi connectivity index (χ1v) is 13.5. The van der Waals surface area contributed by atoms with Gasteiger partial charge in [-0.1, -0.05) is 55.8 Å². The van der Waals surface area contributed by atoms with Crippen molar-refractivity contribution in [1.29, 1.82) is 0 Å². The number of alkyl carbamates (subject to hydrolysis) is 1. The molecule has 0 heterocycles. The van der Waals surface area contributed by atoms with Crippen LogP contribution in [0.3, 0.4) is 0 Å². The Bertz CT molecular complexity index is 953. The molecule has 0 aromatic heterocycles. The Balaban J connectivity index is 1.94. The average molecular weight is 551 g/mol. The molecule has 0 spiro atoms. The van der Waals surface area contributed by atoms with E-state index in [0.717, 1.165) is 32.1 Å². The molecule has 0 aliphatic heterocycles. The SMILES string of the molecule is CCNC(=O)CN(C)C(=O)CC[C@@H](C=O)NC(=O)[C@H](CC1CCCCC1)NC(=O)OCc1cccc(Cl)c1. The number of aldehydes is 1. The van der Waals surface area contributed by atoms with E-state index in [9.17, 15) is 24.0 Å². The zero-order chi connectivity index (χ0) is 27.9. The van der Waals surface area contributed by atoms with Crippen LogP contribution in [0.2, 0.25) is 5.02 Å². The molecule has 38 heavy (non-hydrogen) atoms. The highest BCUT2D eigenvalue weighted by Gasteiger charge is 2.28. The Morgan fingerprint density at radius 3 is 2.55 bits per heavy atom. The van der Waals surface area contributed by atoms with Gasteiger partial charge in [0.1, 0.15) is 18.9 Å². The minimum absolute atomic E-state index is 0.00691. The third-order valence-electron chi connectivity index (χ3n) is 6.50. The zero-order valence-corrected chi connectivity index (χ0v) is 22.9. The largest absolute Gasteiger partial charge is 0.445 e. The summed E-state index contributed by atoms with van der Waals surface area (Å²) < 4.78 is 5.30. The van der Waals surface area contributed by atoms with Crippen LogP contribution in [0.1, 0.15) is 63.9 Å². The van der Waals surface area contributed by atoms with Crippen molar-refractivity contribution in [3.05, 3.63) is 34.9 Å². The van der Waals surface area contributed by atoms with Crippen molar-refractivity contribution in [2.45, 2.75) is 77.0 Å². The van der Waals surface area contributed by atoms with Crippen LogP contribution >= 0.6 is 11.6 Å². The molecule has 2 atom stereocenters. The summed E-state index contributed by atoms with van der Waals surface area (Å²) in [5.74, 6) is -0.830. The second-order valence-corrected chi connectivity index (χ2v) is 10.1. The van der Waals surface area contributed by atoms with Crippen LogP contribution in [0.15, 0.2) is 24.3 Å². The third kappa shape index (κ3) is 11.5. The van der Waals surface area contributed by atoms with Crippen molar-refractivity contribution in [1.82, 2.24) is 20.9 Å². The van der Waals surface area contributed by atoms with E-state index < -0.39 is 24.1 Å². The molecule has 4 amide bonds. The minimum atomic E-state index is -0.914. The summed E-state index contributed by atoms with van der Waals surface area (Å²) in [5.41, 5.74) is 0.712. The zero-order valence-electron chi connectivity index (χ0n) is 22.2. The number of amides is 4. The van der Waals surface area contributed by atoms with Gasteiger partial charge < -0.3 is 30.4 Å². The van der Waals surface area contributed by atoms with Gasteiger partial charge in [-0.15, -0.1) is 0 Å². The molecule has 3 N–H and O–H groups in total. The van der Waals surface area contributed by atoms with E-state index in [-0.39, 0.29) is 43.7 Å². The van der Waals surface area contributed by atoms with Crippen molar-refractivity contribution < 1.29 is 28.7 Å². The van der Waals surface area contributed by atoms with Gasteiger partial charge >= 0.3 is 6.09 Å². The summed E-state index contributed by atoms with van der Waals surface area (Å²) >= 11 is 5.97. The number of ether oxygens (including phenoxy) is 1. The third-order valence-corrected chi connectivity index (χ3v) is 6.74. The maximum absolute atomic E-state index is 13.1. The summed E-state index contributed by atoms with van der Waals surface area (Å²) in [4.78, 5) is 62.7. The number of rotatable bonds is 14. The van der Waals surface area contributed by atoms with Gasteiger partial charge in [0.15, 0.2) is 0 Å². The molecule has 0 bridgehead atoms. The minimum Gasteiger partial charge on any atom is -0.445 e. The Morgan fingerprint density at radius 2 is 1.89 bits per heavy atom. The van der Waals surface area contributed by atoms with Gasteiger partial charge in [-0.05, 0) is 43.4 Å². The smallest absolute Gasteiger partial charge is 0.408 e. The number of benzene rings is 1. The lowest BCUT2D eigenvalue weighted by atomic mass is 9.84. The van der Waals surface area contributed by atoms with Crippen LogP contribution in [-0.2, 0) is 30.5 Å². The van der Waals surface area contributed by atoms with E-state index >= 15 is 0 Å². The highest BCUT2D eigenvalue weighted by Crippen LogP contribution is 2.27. The quantitative estimate of drug-likeness (QED) is 0.305. The fraction of sp³-hybridized carbons (Fsp3) is 0.593. The van der Waals surface area contributed by atoms with E-state index in [1.54, 1.807) is 31.2 Å². The lowest BCUT2D eigenvalue weighted by Gasteiger charge is -2.27. The molecular weight excluding hydrogens is 512 g/mol. The summed E-state index contributed by atoms with van der Waals surface area (Å²) in [5, 5.41) is 8.45. The van der Waals surface area contributed by atoms with Gasteiger partial charge in [0, 0.05) is 25.0 Å². The summed E-state index contributed by atoms with van der Waals surface area (Å²) in [6.07, 6.45) is 5.53. The first kappa shape index (κ1) is 31.1. The van der Waals surface area contributed by atoms with E-state index in [1.807, 2.05) is 0 Å². The second-order valence-electron chi connectivity index (χ2n) is 9.64. The Hall–Kier alpha value is -3.14. The van der Waals surface area contributed by atoms with Crippen LogP contribution in [0, 0.1) is 5.92 Å². The highest BCUT2D eigenvalue weighted by molar-refractivity contribution is 6.30. The maximum atomic E-state index is 13.1. The molecule has 0 unspecified atom stereocenters. The van der Waals surface area contributed by atoms with Gasteiger partial charge in [0.05, 0.1) is 12.6 Å². The molecule has 0 radical (unpaired) electrons. The monoisotopic (exact) mass is 550 g/mol. The lowest BCUT2D eigenvalue weighted by Crippen LogP contribution is -2.51. The van der Waals surface area contributed by atoms with Crippen LogP contribution in [-0.4, -0.2) is 67.2 Å². The van der Waals surface area contributed by atoms with E-state index in [0.29, 0.717) is 29.8 Å². The normalized spacial score (nSPS) is 15.0. The molecular formula is C27H39ClN4O6. The van der Waals surface area contributed by atoms with Crippen LogP contribution in [0.4, 0.5) is 4.79 Å². The number of carbonyl (C=O) groups excluding carboxylic acids is 5. The Morgan fingerprint density at radius 1 is 1.16 bits per heavy atom. The fourth-order valence-corrected chi connectivity index (χ4v) is 4.64. The van der Waals surface area contributed by atoms with Gasteiger partial charge in [-0.3, -0.25) is 14.4 Å². The number of hydrogen-bond donors (Lipinski definition) is 3. The molecule has 210 valence electrons. The number of hydrogen-bond acceptors (Lipinski definition) is 6. The fourth-order valence-electron chi connectivity index (χ4n) is 4.43. The first-order valence-electron chi connectivity index (χ1n) is 13.2. The molecule has 10 nitrogen and oxygen atoms in total. The standard InChI is InChI=1S/C27H39ClN4O6/c1-3-29-24(34)16-32(2)25(35)13-12-22(17-33)30-26(36)23(15-19-8-5-4-6-9-19)31-27(37)38-18-20-10-7-11-21(28)14-20/h7,10-11,14,17,19,22-23H,3-6,8-9,12-13,15-16,18H2,1-2H3,(H,29,34)(H,30,36)(H,31,37)/t22-,23-/m0/s1. The van der Waals surface area contributed by atoms with Crippen LogP contribution < -0.4 is 16.0 Å². The number of halogens is 1. The number of nitrogens with one attached hydrogen (secondary N) is 3. The Kier molecular flexibility index (Phi) is 13.6. The number of carbonyl (C=O) groups is 5. The van der Waals surface area contributed by atoms with Crippen molar-refractivity contribution in [3.63, 3.8) is 0 Å². The number of likely N-dealkylation sites (N-methyl/N-ethyl adjacent to an activating group) is 2. The van der Waals surface area contributed by atoms with Gasteiger partial charge in [0.25, 0.3) is 0 Å². The van der Waals surface area contributed by atoms with Crippen LogP contribution in [0.25, 0.3) is 0 Å². The van der Waals surface area contributed by atoms with Gasteiger partial charge in [-0.2, -0.15) is 0 Å². The predicted octanol–water partition coefficient (Wildman–Crippen LogP) is 2.96. The van der Waals surface area contributed by atoms with E-state index in [4.69, 9.17) is 16.3 Å². The predicted molar refractivity (Wildman–Crippen MR) is 143 cm³/mol. The number of nitrogens with zero attached hydrogens (tertiary/aromatic N) is 1. The van der Waals surface area contributed by atoms with E-state index in [2.05, 4.69) is 16.0 Å². The van der Waals surface area contributed by atoms with E-state index in [1.165, 1.54) is 11.9 Å². The second kappa shape index (κ2) is 16.7. The molecule has 0 saturated heterocycles. The van der Waals surface area contributed by atoms with Gasteiger partial charge in [0.2, 0.25) is 17.7 Å². The molecule has 1 saturated carbocycles. The maximum Gasteiger partial charge on any atom is 0.408 e. The molecule has 1 aliphatic carbocycles. The molecule has 1 aliphatic rings. The van der Waals surface area contributed by atoms with Crippen molar-refractivity contribution in [2.24, 2.45) is 5.92 Å². The summed E-state index contributed by atoms with van der Waals surface area (Å²) in [6, 6.07) is 5.12. The average Bonchev–Trinajstić information content (AvgIpc) is 2.89. The summed E-state index contributed by atoms with van der Waals surface area (Å²) in [7, 11) is 1.51. The van der Waals surface area contributed by atoms with Gasteiger partial charge in [-0.25, -0.2) is 4.79 Å². The first-order chi connectivity index (χ1) is 18.2. The topological polar surface area (TPSA) is 134 Å². The molecule has 1 fully saturated rings. The Labute approximate surface area is 229 Å². The molecule has 1 aromatic rings. The molecule has 1 aromatic carbocycles. The van der Waals surface area contributed by atoms with Crippen molar-refractivity contribution in [3.8, 4) is 0 Å².